The predicted molar refractivity (Wildman–Crippen MR) is 85.3 cm³/mol. The first-order valence-corrected chi connectivity index (χ1v) is 8.89. The van der Waals surface area contributed by atoms with Gasteiger partial charge in [0.2, 0.25) is 5.95 Å². The number of aromatic nitrogens is 2. The number of benzene rings is 1. The van der Waals surface area contributed by atoms with Crippen molar-refractivity contribution in [2.24, 2.45) is 0 Å². The van der Waals surface area contributed by atoms with E-state index in [1.54, 1.807) is 0 Å². The summed E-state index contributed by atoms with van der Waals surface area (Å²) in [6.45, 7) is 1.81. The number of rotatable bonds is 4. The molecule has 0 unspecified atom stereocenters. The number of sulfonamides is 1. The molecule has 0 radical (unpaired) electrons. The lowest BCUT2D eigenvalue weighted by molar-refractivity contribution is 0.568. The first-order valence-electron chi connectivity index (χ1n) is 7.40. The summed E-state index contributed by atoms with van der Waals surface area (Å²) >= 11 is 0. The molecule has 2 heterocycles. The average molecular weight is 336 g/mol. The van der Waals surface area contributed by atoms with Gasteiger partial charge in [-0.3, -0.25) is 4.72 Å². The maximum atomic E-state index is 13.6. The predicted octanol–water partition coefficient (Wildman–Crippen LogP) is 2.41. The van der Waals surface area contributed by atoms with Gasteiger partial charge in [0, 0.05) is 13.1 Å². The molecule has 1 aliphatic heterocycles. The molecule has 1 saturated heterocycles. The van der Waals surface area contributed by atoms with E-state index in [1.807, 2.05) is 0 Å². The summed E-state index contributed by atoms with van der Waals surface area (Å²) in [5.41, 5.74) is 0.203. The Balaban J connectivity index is 1.76. The van der Waals surface area contributed by atoms with Crippen molar-refractivity contribution in [1.29, 1.82) is 0 Å². The van der Waals surface area contributed by atoms with Gasteiger partial charge < -0.3 is 4.90 Å². The summed E-state index contributed by atoms with van der Waals surface area (Å²) < 4.78 is 40.3. The van der Waals surface area contributed by atoms with Gasteiger partial charge in [0.15, 0.2) is 0 Å². The van der Waals surface area contributed by atoms with Gasteiger partial charge in [-0.2, -0.15) is 0 Å². The normalized spacial score (nSPS) is 15.4. The number of halogens is 1. The first kappa shape index (κ1) is 15.7. The minimum atomic E-state index is -4.00. The van der Waals surface area contributed by atoms with Crippen molar-refractivity contribution < 1.29 is 12.8 Å². The Morgan fingerprint density at radius 3 is 2.35 bits per heavy atom. The van der Waals surface area contributed by atoms with Crippen LogP contribution in [0.1, 0.15) is 19.3 Å². The van der Waals surface area contributed by atoms with E-state index in [4.69, 9.17) is 0 Å². The van der Waals surface area contributed by atoms with Gasteiger partial charge in [0.25, 0.3) is 10.0 Å². The van der Waals surface area contributed by atoms with Crippen molar-refractivity contribution >= 4 is 21.7 Å². The Bertz CT molecular complexity index is 774. The van der Waals surface area contributed by atoms with Crippen molar-refractivity contribution in [1.82, 2.24) is 9.97 Å². The number of nitrogens with one attached hydrogen (secondary N) is 1. The lowest BCUT2D eigenvalue weighted by atomic mass is 10.1. The molecule has 0 bridgehead atoms. The summed E-state index contributed by atoms with van der Waals surface area (Å²) in [5.74, 6) is -0.218. The number of hydrogen-bond acceptors (Lipinski definition) is 5. The zero-order valence-electron chi connectivity index (χ0n) is 12.4. The smallest absolute Gasteiger partial charge is 0.264 e. The van der Waals surface area contributed by atoms with Gasteiger partial charge in [0.1, 0.15) is 10.7 Å². The van der Waals surface area contributed by atoms with Gasteiger partial charge in [-0.15, -0.1) is 0 Å². The van der Waals surface area contributed by atoms with E-state index in [0.29, 0.717) is 5.95 Å². The minimum absolute atomic E-state index is 0.203. The van der Waals surface area contributed by atoms with E-state index in [0.717, 1.165) is 32.0 Å². The Labute approximate surface area is 134 Å². The van der Waals surface area contributed by atoms with Crippen LogP contribution in [-0.4, -0.2) is 31.5 Å². The summed E-state index contributed by atoms with van der Waals surface area (Å²) in [6.07, 6.45) is 6.21. The molecule has 2 aromatic rings. The molecule has 23 heavy (non-hydrogen) atoms. The molecule has 1 aliphatic rings. The second kappa shape index (κ2) is 6.49. The van der Waals surface area contributed by atoms with Crippen LogP contribution in [0.4, 0.5) is 16.0 Å². The highest BCUT2D eigenvalue weighted by Crippen LogP contribution is 2.20. The average Bonchev–Trinajstić information content (AvgIpc) is 2.56. The molecule has 1 aromatic heterocycles. The van der Waals surface area contributed by atoms with Crippen molar-refractivity contribution in [3.8, 4) is 0 Å². The summed E-state index contributed by atoms with van der Waals surface area (Å²) in [6, 6.07) is 5.21. The van der Waals surface area contributed by atoms with Crippen LogP contribution in [0.15, 0.2) is 41.6 Å². The fourth-order valence-corrected chi connectivity index (χ4v) is 3.61. The van der Waals surface area contributed by atoms with Crippen LogP contribution in [0.5, 0.6) is 0 Å². The lowest BCUT2D eigenvalue weighted by Gasteiger charge is -2.26. The lowest BCUT2D eigenvalue weighted by Crippen LogP contribution is -2.30. The van der Waals surface area contributed by atoms with Gasteiger partial charge in [-0.25, -0.2) is 22.8 Å². The Morgan fingerprint density at radius 2 is 1.70 bits per heavy atom. The number of nitrogens with zero attached hydrogens (tertiary/aromatic N) is 3. The van der Waals surface area contributed by atoms with Gasteiger partial charge in [-0.05, 0) is 31.4 Å². The van der Waals surface area contributed by atoms with Crippen LogP contribution < -0.4 is 9.62 Å². The maximum Gasteiger partial charge on any atom is 0.264 e. The molecule has 8 heteroatoms. The second-order valence-corrected chi connectivity index (χ2v) is 7.01. The molecule has 1 aromatic carbocycles. The molecular formula is C15H17FN4O2S. The highest BCUT2D eigenvalue weighted by molar-refractivity contribution is 7.92. The summed E-state index contributed by atoms with van der Waals surface area (Å²) in [4.78, 5) is 10.1. The van der Waals surface area contributed by atoms with Crippen LogP contribution in [0.2, 0.25) is 0 Å². The highest BCUT2D eigenvalue weighted by atomic mass is 32.2. The molecule has 1 N–H and O–H groups in total. The van der Waals surface area contributed by atoms with Crippen LogP contribution in [0.25, 0.3) is 0 Å². The van der Waals surface area contributed by atoms with Crippen LogP contribution >= 0.6 is 0 Å². The van der Waals surface area contributed by atoms with E-state index in [9.17, 15) is 12.8 Å². The fourth-order valence-electron chi connectivity index (χ4n) is 2.50. The molecule has 122 valence electrons. The highest BCUT2D eigenvalue weighted by Gasteiger charge is 2.19. The number of piperidine rings is 1. The Kier molecular flexibility index (Phi) is 4.42. The third-order valence-electron chi connectivity index (χ3n) is 3.66. The quantitative estimate of drug-likeness (QED) is 0.928. The molecule has 6 nitrogen and oxygen atoms in total. The maximum absolute atomic E-state index is 13.6. The SMILES string of the molecule is O=S(=O)(Nc1cnc(N2CCCCC2)nc1)c1ccccc1F. The third-order valence-corrected chi connectivity index (χ3v) is 5.07. The van der Waals surface area contributed by atoms with Crippen molar-refractivity contribution in [3.63, 3.8) is 0 Å². The van der Waals surface area contributed by atoms with Crippen molar-refractivity contribution in [3.05, 3.63) is 42.5 Å². The summed E-state index contributed by atoms with van der Waals surface area (Å²) in [5, 5.41) is 0. The standard InChI is InChI=1S/C15H17FN4O2S/c16-13-6-2-3-7-14(13)23(21,22)19-12-10-17-15(18-11-12)20-8-4-1-5-9-20/h2-3,6-7,10-11,19H,1,4-5,8-9H2. The Hall–Kier alpha value is -2.22. The number of hydrogen-bond donors (Lipinski definition) is 1. The van der Waals surface area contributed by atoms with E-state index < -0.39 is 20.7 Å². The largest absolute Gasteiger partial charge is 0.341 e. The Morgan fingerprint density at radius 1 is 1.04 bits per heavy atom. The molecule has 0 saturated carbocycles. The third kappa shape index (κ3) is 3.58. The molecule has 0 amide bonds. The zero-order valence-corrected chi connectivity index (χ0v) is 13.3. The molecule has 3 rings (SSSR count). The van der Waals surface area contributed by atoms with Gasteiger partial charge in [0.05, 0.1) is 18.1 Å². The van der Waals surface area contributed by atoms with Gasteiger partial charge >= 0.3 is 0 Å². The van der Waals surface area contributed by atoms with E-state index in [-0.39, 0.29) is 5.69 Å². The first-order chi connectivity index (χ1) is 11.1. The fraction of sp³-hybridized carbons (Fsp3) is 0.333. The van der Waals surface area contributed by atoms with Crippen LogP contribution in [-0.2, 0) is 10.0 Å². The van der Waals surface area contributed by atoms with Crippen molar-refractivity contribution in [2.75, 3.05) is 22.7 Å². The molecule has 0 atom stereocenters. The molecule has 0 aliphatic carbocycles. The van der Waals surface area contributed by atoms with Crippen LogP contribution in [0, 0.1) is 5.82 Å². The minimum Gasteiger partial charge on any atom is -0.341 e. The monoisotopic (exact) mass is 336 g/mol. The number of anilines is 2. The topological polar surface area (TPSA) is 75.2 Å². The zero-order chi connectivity index (χ0) is 16.3. The van der Waals surface area contributed by atoms with E-state index in [1.165, 1.54) is 37.0 Å². The van der Waals surface area contributed by atoms with E-state index in [2.05, 4.69) is 19.6 Å². The van der Waals surface area contributed by atoms with Crippen LogP contribution in [0.3, 0.4) is 0 Å². The van der Waals surface area contributed by atoms with E-state index >= 15 is 0 Å². The molecular weight excluding hydrogens is 319 g/mol. The second-order valence-electron chi connectivity index (χ2n) is 5.36. The molecule has 0 spiro atoms. The summed E-state index contributed by atoms with van der Waals surface area (Å²) in [7, 11) is -4.00. The van der Waals surface area contributed by atoms with Gasteiger partial charge in [-0.1, -0.05) is 12.1 Å². The van der Waals surface area contributed by atoms with Crippen molar-refractivity contribution in [2.45, 2.75) is 24.2 Å². The molecule has 1 fully saturated rings.